The quantitative estimate of drug-likeness (QED) is 0.457. The molecule has 10 nitrogen and oxygen atoms in total. The van der Waals surface area contributed by atoms with Crippen molar-refractivity contribution < 1.29 is 24.1 Å². The third-order valence-corrected chi connectivity index (χ3v) is 3.35. The molecule has 0 radical (unpaired) electrons. The van der Waals surface area contributed by atoms with Crippen LogP contribution in [0.2, 0.25) is 0 Å². The number of nitrogens with zero attached hydrogens (tertiary/aromatic N) is 4. The van der Waals surface area contributed by atoms with Crippen LogP contribution in [0, 0.1) is 0 Å². The number of carbonyl (C=O) groups is 1. The highest BCUT2D eigenvalue weighted by atomic mass is 16.6. The molecule has 0 atom stereocenters. The summed E-state index contributed by atoms with van der Waals surface area (Å²) in [5.41, 5.74) is 3.10. The van der Waals surface area contributed by atoms with Crippen LogP contribution in [-0.2, 0) is 37.4 Å². The van der Waals surface area contributed by atoms with Crippen molar-refractivity contribution in [1.29, 1.82) is 0 Å². The van der Waals surface area contributed by atoms with Crippen LogP contribution in [0.3, 0.4) is 0 Å². The molecular weight excluding hydrogens is 366 g/mol. The van der Waals surface area contributed by atoms with Crippen LogP contribution >= 0.6 is 0 Å². The van der Waals surface area contributed by atoms with Crippen LogP contribution in [0.15, 0.2) is 44.9 Å². The van der Waals surface area contributed by atoms with Crippen molar-refractivity contribution in [2.45, 2.75) is 27.1 Å². The van der Waals surface area contributed by atoms with Gasteiger partial charge in [0, 0.05) is 7.05 Å². The number of hydrogen-bond donors (Lipinski definition) is 1. The minimum atomic E-state index is -0.345. The first-order valence-corrected chi connectivity index (χ1v) is 8.33. The zero-order chi connectivity index (χ0) is 20.8. The molecular formula is C18H25N5O5. The van der Waals surface area contributed by atoms with Gasteiger partial charge in [0.15, 0.2) is 5.71 Å². The van der Waals surface area contributed by atoms with Crippen LogP contribution in [0.5, 0.6) is 0 Å². The first kappa shape index (κ1) is 22.6. The normalized spacial score (nSPS) is 12.7. The summed E-state index contributed by atoms with van der Waals surface area (Å²) in [6.45, 7) is 3.82. The number of hydrogen-bond acceptors (Lipinski definition) is 9. The molecule has 1 N–H and O–H groups in total. The lowest BCUT2D eigenvalue weighted by molar-refractivity contribution is -0.114. The lowest BCUT2D eigenvalue weighted by Crippen LogP contribution is -2.20. The van der Waals surface area contributed by atoms with E-state index in [0.29, 0.717) is 17.1 Å². The lowest BCUT2D eigenvalue weighted by Gasteiger charge is -2.08. The molecule has 152 valence electrons. The van der Waals surface area contributed by atoms with Gasteiger partial charge >= 0.3 is 0 Å². The number of amides is 1. The van der Waals surface area contributed by atoms with E-state index in [2.05, 4.69) is 25.9 Å². The van der Waals surface area contributed by atoms with E-state index in [1.807, 2.05) is 24.3 Å². The van der Waals surface area contributed by atoms with E-state index >= 15 is 0 Å². The highest BCUT2D eigenvalue weighted by molar-refractivity contribution is 6.67. The van der Waals surface area contributed by atoms with Gasteiger partial charge in [-0.2, -0.15) is 0 Å². The zero-order valence-corrected chi connectivity index (χ0v) is 16.6. The molecule has 28 heavy (non-hydrogen) atoms. The number of oxime groups is 4. The van der Waals surface area contributed by atoms with Gasteiger partial charge in [-0.25, -0.2) is 0 Å². The average molecular weight is 391 g/mol. The molecule has 0 aliphatic rings. The Morgan fingerprint density at radius 2 is 1.54 bits per heavy atom. The van der Waals surface area contributed by atoms with Crippen molar-refractivity contribution in [3.8, 4) is 0 Å². The van der Waals surface area contributed by atoms with Crippen molar-refractivity contribution in [2.24, 2.45) is 20.6 Å². The molecule has 0 unspecified atom stereocenters. The molecule has 0 heterocycles. The predicted octanol–water partition coefficient (Wildman–Crippen LogP) is 1.85. The first-order chi connectivity index (χ1) is 13.5. The summed E-state index contributed by atoms with van der Waals surface area (Å²) in [5.74, 6) is -0.345. The number of rotatable bonds is 11. The minimum Gasteiger partial charge on any atom is -0.399 e. The second-order valence-corrected chi connectivity index (χ2v) is 5.32. The molecule has 0 aromatic heterocycles. The SMILES string of the molecule is CNC(=O)C=NOCc1ccccc1CON=C(C)C(=NOC)C(C)=NOC. The molecule has 0 aliphatic carbocycles. The monoisotopic (exact) mass is 391 g/mol. The molecule has 0 fully saturated rings. The Labute approximate surface area is 163 Å². The van der Waals surface area contributed by atoms with E-state index in [9.17, 15) is 4.79 Å². The van der Waals surface area contributed by atoms with E-state index in [1.54, 1.807) is 13.8 Å². The summed E-state index contributed by atoms with van der Waals surface area (Å²) in [6, 6.07) is 7.50. The molecule has 0 bridgehead atoms. The van der Waals surface area contributed by atoms with Crippen molar-refractivity contribution in [3.63, 3.8) is 0 Å². The molecule has 1 amide bonds. The Bertz CT molecular complexity index is 758. The van der Waals surface area contributed by atoms with Crippen LogP contribution < -0.4 is 5.32 Å². The van der Waals surface area contributed by atoms with Gasteiger partial charge in [-0.3, -0.25) is 4.79 Å². The summed E-state index contributed by atoms with van der Waals surface area (Å²) < 4.78 is 0. The lowest BCUT2D eigenvalue weighted by atomic mass is 10.1. The third kappa shape index (κ3) is 7.85. The van der Waals surface area contributed by atoms with Gasteiger partial charge in [-0.05, 0) is 25.0 Å². The molecule has 0 saturated carbocycles. The highest BCUT2D eigenvalue weighted by Gasteiger charge is 2.11. The molecule has 0 spiro atoms. The first-order valence-electron chi connectivity index (χ1n) is 8.33. The van der Waals surface area contributed by atoms with E-state index in [-0.39, 0.29) is 19.1 Å². The highest BCUT2D eigenvalue weighted by Crippen LogP contribution is 2.12. The topological polar surface area (TPSA) is 115 Å². The van der Waals surface area contributed by atoms with E-state index < -0.39 is 0 Å². The van der Waals surface area contributed by atoms with Crippen LogP contribution in [0.4, 0.5) is 0 Å². The minimum absolute atomic E-state index is 0.186. The van der Waals surface area contributed by atoms with Gasteiger partial charge in [0.25, 0.3) is 5.91 Å². The fraction of sp³-hybridized carbons (Fsp3) is 0.389. The average Bonchev–Trinajstić information content (AvgIpc) is 2.70. The van der Waals surface area contributed by atoms with E-state index in [1.165, 1.54) is 21.3 Å². The Morgan fingerprint density at radius 1 is 0.964 bits per heavy atom. The summed E-state index contributed by atoms with van der Waals surface area (Å²) in [5, 5.41) is 17.8. The standard InChI is InChI=1S/C18H25N5O5/c1-13(21-25-4)18(23-26-5)14(2)22-28-12-16-9-7-6-8-15(16)11-27-20-10-17(24)19-3/h6-10H,11-12H2,1-5H3,(H,19,24). The second-order valence-electron chi connectivity index (χ2n) is 5.32. The maximum Gasteiger partial charge on any atom is 0.265 e. The molecule has 0 saturated heterocycles. The summed E-state index contributed by atoms with van der Waals surface area (Å²) in [7, 11) is 4.38. The van der Waals surface area contributed by atoms with Crippen LogP contribution in [0.25, 0.3) is 0 Å². The summed E-state index contributed by atoms with van der Waals surface area (Å²) >= 11 is 0. The van der Waals surface area contributed by atoms with Crippen molar-refractivity contribution in [2.75, 3.05) is 21.3 Å². The van der Waals surface area contributed by atoms with Crippen LogP contribution in [-0.4, -0.2) is 50.5 Å². The van der Waals surface area contributed by atoms with Gasteiger partial charge in [0.1, 0.15) is 45.1 Å². The Morgan fingerprint density at radius 3 is 2.11 bits per heavy atom. The number of nitrogens with one attached hydrogen (secondary N) is 1. The predicted molar refractivity (Wildman–Crippen MR) is 106 cm³/mol. The van der Waals surface area contributed by atoms with Crippen molar-refractivity contribution in [3.05, 3.63) is 35.4 Å². The summed E-state index contributed by atoms with van der Waals surface area (Å²) in [4.78, 5) is 31.2. The Kier molecular flexibility index (Phi) is 10.4. The fourth-order valence-corrected chi connectivity index (χ4v) is 2.00. The maximum absolute atomic E-state index is 11.1. The van der Waals surface area contributed by atoms with Crippen molar-refractivity contribution in [1.82, 2.24) is 5.32 Å². The number of benzene rings is 1. The van der Waals surface area contributed by atoms with Gasteiger partial charge in [-0.1, -0.05) is 44.9 Å². The molecule has 1 aromatic carbocycles. The maximum atomic E-state index is 11.1. The van der Waals surface area contributed by atoms with Gasteiger partial charge < -0.3 is 24.7 Å². The van der Waals surface area contributed by atoms with Gasteiger partial charge in [0.2, 0.25) is 0 Å². The van der Waals surface area contributed by atoms with Crippen LogP contribution in [0.1, 0.15) is 25.0 Å². The Balaban J connectivity index is 2.75. The molecule has 10 heteroatoms. The fourth-order valence-electron chi connectivity index (χ4n) is 2.00. The van der Waals surface area contributed by atoms with E-state index in [4.69, 9.17) is 19.4 Å². The second kappa shape index (κ2) is 12.8. The largest absolute Gasteiger partial charge is 0.399 e. The smallest absolute Gasteiger partial charge is 0.265 e. The zero-order valence-electron chi connectivity index (χ0n) is 16.6. The van der Waals surface area contributed by atoms with Gasteiger partial charge in [0.05, 0.1) is 0 Å². The van der Waals surface area contributed by atoms with Gasteiger partial charge in [-0.15, -0.1) is 0 Å². The number of carbonyl (C=O) groups excluding carboxylic acids is 1. The molecule has 1 aromatic rings. The Hall–Kier alpha value is -3.43. The molecule has 1 rings (SSSR count). The van der Waals surface area contributed by atoms with Crippen molar-refractivity contribution >= 4 is 29.3 Å². The third-order valence-electron chi connectivity index (χ3n) is 3.35. The molecule has 0 aliphatic heterocycles. The van der Waals surface area contributed by atoms with E-state index in [0.717, 1.165) is 17.3 Å². The summed E-state index contributed by atoms with van der Waals surface area (Å²) in [6.07, 6.45) is 1.06.